The van der Waals surface area contributed by atoms with Crippen LogP contribution in [0.5, 0.6) is 5.75 Å². The minimum atomic E-state index is -0.907. The fourth-order valence-electron chi connectivity index (χ4n) is 2.11. The molecular formula is C18H21NO4. The number of carboxylic acids is 1. The van der Waals surface area contributed by atoms with Crippen LogP contribution in [-0.2, 0) is 17.8 Å². The number of hydrogen-bond acceptors (Lipinski definition) is 4. The molecule has 0 bridgehead atoms. The third-order valence-electron chi connectivity index (χ3n) is 3.31. The van der Waals surface area contributed by atoms with Gasteiger partial charge >= 0.3 is 5.97 Å². The lowest BCUT2D eigenvalue weighted by Crippen LogP contribution is -2.13. The molecule has 0 aromatic heterocycles. The predicted molar refractivity (Wildman–Crippen MR) is 87.8 cm³/mol. The van der Waals surface area contributed by atoms with Crippen molar-refractivity contribution < 1.29 is 19.4 Å². The summed E-state index contributed by atoms with van der Waals surface area (Å²) in [5.74, 6) is -0.0872. The minimum absolute atomic E-state index is 0.307. The summed E-state index contributed by atoms with van der Waals surface area (Å²) in [5.41, 5.74) is 2.39. The van der Waals surface area contributed by atoms with Gasteiger partial charge in [-0.15, -0.1) is 0 Å². The van der Waals surface area contributed by atoms with Gasteiger partial charge in [0.15, 0.2) is 0 Å². The molecule has 0 radical (unpaired) electrons. The smallest absolute Gasteiger partial charge is 0.335 e. The van der Waals surface area contributed by atoms with Gasteiger partial charge in [-0.05, 0) is 35.4 Å². The maximum absolute atomic E-state index is 10.9. The highest BCUT2D eigenvalue weighted by molar-refractivity contribution is 5.87. The molecule has 5 nitrogen and oxygen atoms in total. The number of nitrogens with one attached hydrogen (secondary N) is 1. The van der Waals surface area contributed by atoms with Gasteiger partial charge in [-0.1, -0.05) is 24.3 Å². The van der Waals surface area contributed by atoms with Crippen LogP contribution in [0.3, 0.4) is 0 Å². The maximum Gasteiger partial charge on any atom is 0.335 e. The summed E-state index contributed by atoms with van der Waals surface area (Å²) >= 11 is 0. The lowest BCUT2D eigenvalue weighted by atomic mass is 10.1. The zero-order valence-electron chi connectivity index (χ0n) is 13.1. The zero-order chi connectivity index (χ0) is 16.5. The molecule has 2 rings (SSSR count). The second-order valence-corrected chi connectivity index (χ2v) is 5.09. The summed E-state index contributed by atoms with van der Waals surface area (Å²) in [6.07, 6.45) is 0. The Balaban J connectivity index is 1.79. The highest BCUT2D eigenvalue weighted by Crippen LogP contribution is 2.12. The van der Waals surface area contributed by atoms with Crippen molar-refractivity contribution in [3.05, 3.63) is 65.2 Å². The fraction of sp³-hybridized carbons (Fsp3) is 0.278. The van der Waals surface area contributed by atoms with Gasteiger partial charge in [-0.3, -0.25) is 0 Å². The molecule has 2 aromatic carbocycles. The molecule has 5 heteroatoms. The molecule has 0 fully saturated rings. The van der Waals surface area contributed by atoms with E-state index >= 15 is 0 Å². The number of hydrogen-bond donors (Lipinski definition) is 2. The zero-order valence-corrected chi connectivity index (χ0v) is 13.1. The van der Waals surface area contributed by atoms with Crippen LogP contribution in [-0.4, -0.2) is 31.4 Å². The van der Waals surface area contributed by atoms with E-state index in [1.165, 1.54) is 0 Å². The number of aromatic carboxylic acids is 1. The number of rotatable bonds is 9. The van der Waals surface area contributed by atoms with Crippen molar-refractivity contribution >= 4 is 5.97 Å². The second-order valence-electron chi connectivity index (χ2n) is 5.09. The van der Waals surface area contributed by atoms with E-state index < -0.39 is 5.97 Å². The van der Waals surface area contributed by atoms with Crippen molar-refractivity contribution in [1.82, 2.24) is 5.32 Å². The molecule has 0 saturated carbocycles. The molecule has 0 spiro atoms. The highest BCUT2D eigenvalue weighted by Gasteiger charge is 2.03. The van der Waals surface area contributed by atoms with E-state index in [0.29, 0.717) is 31.9 Å². The van der Waals surface area contributed by atoms with Gasteiger partial charge in [0, 0.05) is 20.2 Å². The average molecular weight is 315 g/mol. The van der Waals surface area contributed by atoms with Crippen molar-refractivity contribution in [2.75, 3.05) is 20.3 Å². The van der Waals surface area contributed by atoms with Crippen LogP contribution in [0.25, 0.3) is 0 Å². The normalized spacial score (nSPS) is 10.5. The molecule has 23 heavy (non-hydrogen) atoms. The Morgan fingerprint density at radius 1 is 1.04 bits per heavy atom. The van der Waals surface area contributed by atoms with E-state index in [2.05, 4.69) is 5.32 Å². The summed E-state index contributed by atoms with van der Waals surface area (Å²) < 4.78 is 10.4. The Morgan fingerprint density at radius 3 is 2.48 bits per heavy atom. The molecule has 0 amide bonds. The largest absolute Gasteiger partial charge is 0.491 e. The molecular weight excluding hydrogens is 294 g/mol. The molecule has 0 saturated heterocycles. The number of carbonyl (C=O) groups is 1. The first-order valence-corrected chi connectivity index (χ1v) is 7.42. The third kappa shape index (κ3) is 5.73. The van der Waals surface area contributed by atoms with Crippen molar-refractivity contribution in [3.8, 4) is 5.75 Å². The SMILES string of the molecule is COCCOc1ccc(CNCc2cccc(C(=O)O)c2)cc1. The summed E-state index contributed by atoms with van der Waals surface area (Å²) in [6.45, 7) is 2.43. The van der Waals surface area contributed by atoms with Crippen LogP contribution in [0.15, 0.2) is 48.5 Å². The topological polar surface area (TPSA) is 67.8 Å². The van der Waals surface area contributed by atoms with E-state index in [4.69, 9.17) is 14.6 Å². The number of ether oxygens (including phenoxy) is 2. The van der Waals surface area contributed by atoms with E-state index in [1.54, 1.807) is 25.3 Å². The molecule has 0 unspecified atom stereocenters. The standard InChI is InChI=1S/C18H21NO4/c1-22-9-10-23-17-7-5-14(6-8-17)12-19-13-15-3-2-4-16(11-15)18(20)21/h2-8,11,19H,9-10,12-13H2,1H3,(H,20,21). The summed E-state index contributed by atoms with van der Waals surface area (Å²) in [5, 5.41) is 12.3. The predicted octanol–water partition coefficient (Wildman–Crippen LogP) is 2.70. The summed E-state index contributed by atoms with van der Waals surface area (Å²) in [7, 11) is 1.64. The average Bonchev–Trinajstić information content (AvgIpc) is 2.57. The molecule has 0 atom stereocenters. The number of methoxy groups -OCH3 is 1. The van der Waals surface area contributed by atoms with Crippen molar-refractivity contribution in [3.63, 3.8) is 0 Å². The Labute approximate surface area is 135 Å². The Hall–Kier alpha value is -2.37. The molecule has 2 N–H and O–H groups in total. The minimum Gasteiger partial charge on any atom is -0.491 e. The first kappa shape index (κ1) is 17.0. The lowest BCUT2D eigenvalue weighted by molar-refractivity contribution is 0.0696. The number of carboxylic acid groups (broad SMARTS) is 1. The van der Waals surface area contributed by atoms with Crippen molar-refractivity contribution in [2.24, 2.45) is 0 Å². The van der Waals surface area contributed by atoms with E-state index in [0.717, 1.165) is 16.9 Å². The fourth-order valence-corrected chi connectivity index (χ4v) is 2.11. The first-order valence-electron chi connectivity index (χ1n) is 7.42. The van der Waals surface area contributed by atoms with Crippen LogP contribution in [0.2, 0.25) is 0 Å². The van der Waals surface area contributed by atoms with Gasteiger partial charge in [-0.2, -0.15) is 0 Å². The van der Waals surface area contributed by atoms with Gasteiger partial charge in [0.1, 0.15) is 12.4 Å². The van der Waals surface area contributed by atoms with Gasteiger partial charge in [0.25, 0.3) is 0 Å². The molecule has 0 aliphatic rings. The monoisotopic (exact) mass is 315 g/mol. The lowest BCUT2D eigenvalue weighted by Gasteiger charge is -2.08. The summed E-state index contributed by atoms with van der Waals surface area (Å²) in [4.78, 5) is 10.9. The van der Waals surface area contributed by atoms with Gasteiger partial charge in [-0.25, -0.2) is 4.79 Å². The molecule has 0 aliphatic heterocycles. The van der Waals surface area contributed by atoms with Gasteiger partial charge in [0.05, 0.1) is 12.2 Å². The van der Waals surface area contributed by atoms with Crippen LogP contribution in [0, 0.1) is 0 Å². The van der Waals surface area contributed by atoms with E-state index in [-0.39, 0.29) is 0 Å². The van der Waals surface area contributed by atoms with Crippen LogP contribution in [0.4, 0.5) is 0 Å². The molecule has 0 heterocycles. The maximum atomic E-state index is 10.9. The Bertz CT molecular complexity index is 625. The van der Waals surface area contributed by atoms with Crippen molar-refractivity contribution in [2.45, 2.75) is 13.1 Å². The quantitative estimate of drug-likeness (QED) is 0.696. The summed E-state index contributed by atoms with van der Waals surface area (Å²) in [6, 6.07) is 14.8. The highest BCUT2D eigenvalue weighted by atomic mass is 16.5. The van der Waals surface area contributed by atoms with E-state index in [9.17, 15) is 4.79 Å². The van der Waals surface area contributed by atoms with Crippen molar-refractivity contribution in [1.29, 1.82) is 0 Å². The molecule has 0 aliphatic carbocycles. The van der Waals surface area contributed by atoms with Gasteiger partial charge < -0.3 is 19.9 Å². The Morgan fingerprint density at radius 2 is 1.78 bits per heavy atom. The second kappa shape index (κ2) is 8.92. The van der Waals surface area contributed by atoms with Crippen LogP contribution >= 0.6 is 0 Å². The van der Waals surface area contributed by atoms with E-state index in [1.807, 2.05) is 30.3 Å². The number of benzene rings is 2. The van der Waals surface area contributed by atoms with Crippen LogP contribution in [0.1, 0.15) is 21.5 Å². The molecule has 2 aromatic rings. The van der Waals surface area contributed by atoms with Crippen LogP contribution < -0.4 is 10.1 Å². The third-order valence-corrected chi connectivity index (χ3v) is 3.31. The Kier molecular flexibility index (Phi) is 6.59. The molecule has 122 valence electrons. The first-order chi connectivity index (χ1) is 11.2. The van der Waals surface area contributed by atoms with Gasteiger partial charge in [0.2, 0.25) is 0 Å².